The molecule has 1 aromatic heterocycles. The van der Waals surface area contributed by atoms with Gasteiger partial charge >= 0.3 is 0 Å². The summed E-state index contributed by atoms with van der Waals surface area (Å²) in [6.45, 7) is 2.05. The van der Waals surface area contributed by atoms with Crippen LogP contribution in [0.25, 0.3) is 17.1 Å². The van der Waals surface area contributed by atoms with Gasteiger partial charge in [0.05, 0.1) is 12.0 Å². The lowest BCUT2D eigenvalue weighted by Gasteiger charge is -2.11. The number of aryl methyl sites for hydroxylation is 1. The van der Waals surface area contributed by atoms with Gasteiger partial charge in [-0.2, -0.15) is 5.10 Å². The van der Waals surface area contributed by atoms with Gasteiger partial charge in [-0.1, -0.05) is 71.9 Å². The third kappa shape index (κ3) is 5.71. The Morgan fingerprint density at radius 1 is 1.00 bits per heavy atom. The molecule has 8 heteroatoms. The van der Waals surface area contributed by atoms with Crippen molar-refractivity contribution in [3.63, 3.8) is 0 Å². The third-order valence-electron chi connectivity index (χ3n) is 5.10. The van der Waals surface area contributed by atoms with Crippen molar-refractivity contribution in [3.05, 3.63) is 90.0 Å². The first-order valence-corrected chi connectivity index (χ1v) is 11.8. The highest BCUT2D eigenvalue weighted by molar-refractivity contribution is 7.99. The molecule has 34 heavy (non-hydrogen) atoms. The molecule has 4 rings (SSSR count). The summed E-state index contributed by atoms with van der Waals surface area (Å²) < 4.78 is 1.97. The molecule has 3 aromatic carbocycles. The average molecular weight is 471 g/mol. The maximum atomic E-state index is 12.4. The van der Waals surface area contributed by atoms with E-state index in [1.165, 1.54) is 17.3 Å². The minimum Gasteiger partial charge on any atom is -0.378 e. The second kappa shape index (κ2) is 10.8. The second-order valence-electron chi connectivity index (χ2n) is 7.91. The van der Waals surface area contributed by atoms with Crippen molar-refractivity contribution < 1.29 is 4.79 Å². The van der Waals surface area contributed by atoms with Crippen molar-refractivity contribution in [1.82, 2.24) is 20.2 Å². The summed E-state index contributed by atoms with van der Waals surface area (Å²) in [6, 6.07) is 26.0. The summed E-state index contributed by atoms with van der Waals surface area (Å²) >= 11 is 1.32. The molecule has 1 amide bonds. The van der Waals surface area contributed by atoms with Crippen LogP contribution in [0.4, 0.5) is 5.69 Å². The molecular formula is C26H26N6OS. The summed E-state index contributed by atoms with van der Waals surface area (Å²) in [7, 11) is 3.98. The molecular weight excluding hydrogens is 444 g/mol. The van der Waals surface area contributed by atoms with Gasteiger partial charge in [-0.3, -0.25) is 9.36 Å². The Kier molecular flexibility index (Phi) is 7.39. The van der Waals surface area contributed by atoms with Gasteiger partial charge in [0, 0.05) is 31.0 Å². The van der Waals surface area contributed by atoms with E-state index < -0.39 is 0 Å². The number of thioether (sulfide) groups is 1. The van der Waals surface area contributed by atoms with Crippen molar-refractivity contribution in [2.24, 2.45) is 5.10 Å². The third-order valence-corrected chi connectivity index (χ3v) is 6.03. The zero-order valence-corrected chi connectivity index (χ0v) is 20.2. The topological polar surface area (TPSA) is 75.4 Å². The smallest absolute Gasteiger partial charge is 0.250 e. The average Bonchev–Trinajstić information content (AvgIpc) is 3.28. The van der Waals surface area contributed by atoms with Crippen molar-refractivity contribution in [2.75, 3.05) is 24.7 Å². The lowest BCUT2D eigenvalue weighted by Crippen LogP contribution is -2.20. The van der Waals surface area contributed by atoms with Gasteiger partial charge < -0.3 is 4.90 Å². The summed E-state index contributed by atoms with van der Waals surface area (Å²) in [5.41, 5.74) is 7.66. The van der Waals surface area contributed by atoms with E-state index in [0.29, 0.717) is 5.16 Å². The van der Waals surface area contributed by atoms with Crippen LogP contribution in [0.15, 0.2) is 89.1 Å². The zero-order chi connectivity index (χ0) is 23.9. The Labute approximate surface area is 203 Å². The minimum atomic E-state index is -0.217. The van der Waals surface area contributed by atoms with Gasteiger partial charge in [-0.25, -0.2) is 5.43 Å². The molecule has 0 fully saturated rings. The highest BCUT2D eigenvalue weighted by Crippen LogP contribution is 2.28. The first kappa shape index (κ1) is 23.3. The predicted octanol–water partition coefficient (Wildman–Crippen LogP) is 4.55. The standard InChI is InChI=1S/C26H26N6OS/c1-19-9-13-23(14-10-19)32-25(21-7-5-4-6-8-21)29-30-26(32)34-18-24(33)28-27-17-20-11-15-22(16-12-20)31(2)3/h4-17H,18H2,1-3H3,(H,28,33)/b27-17+. The number of carbonyl (C=O) groups excluding carboxylic acids is 1. The molecule has 1 N–H and O–H groups in total. The van der Waals surface area contributed by atoms with Crippen LogP contribution in [0.5, 0.6) is 0 Å². The van der Waals surface area contributed by atoms with Crippen LogP contribution in [-0.4, -0.2) is 46.7 Å². The summed E-state index contributed by atoms with van der Waals surface area (Å²) in [5.74, 6) is 0.674. The highest BCUT2D eigenvalue weighted by Gasteiger charge is 2.17. The maximum Gasteiger partial charge on any atom is 0.250 e. The first-order chi connectivity index (χ1) is 16.5. The maximum absolute atomic E-state index is 12.4. The molecule has 0 spiro atoms. The molecule has 172 valence electrons. The molecule has 0 aliphatic rings. The van der Waals surface area contributed by atoms with E-state index in [1.54, 1.807) is 6.21 Å². The quantitative estimate of drug-likeness (QED) is 0.232. The van der Waals surface area contributed by atoms with Crippen molar-refractivity contribution in [2.45, 2.75) is 12.1 Å². The number of anilines is 1. The van der Waals surface area contributed by atoms with Crippen LogP contribution in [0, 0.1) is 6.92 Å². The van der Waals surface area contributed by atoms with E-state index in [0.717, 1.165) is 28.3 Å². The fourth-order valence-corrected chi connectivity index (χ4v) is 4.01. The van der Waals surface area contributed by atoms with Gasteiger partial charge in [0.15, 0.2) is 11.0 Å². The van der Waals surface area contributed by atoms with E-state index in [2.05, 4.69) is 20.7 Å². The number of hydrazone groups is 1. The number of nitrogens with one attached hydrogen (secondary N) is 1. The largest absolute Gasteiger partial charge is 0.378 e. The van der Waals surface area contributed by atoms with E-state index in [1.807, 2.05) is 109 Å². The summed E-state index contributed by atoms with van der Waals surface area (Å²) in [4.78, 5) is 14.4. The molecule has 0 saturated heterocycles. The lowest BCUT2D eigenvalue weighted by molar-refractivity contribution is -0.118. The van der Waals surface area contributed by atoms with E-state index in [-0.39, 0.29) is 11.7 Å². The van der Waals surface area contributed by atoms with E-state index >= 15 is 0 Å². The van der Waals surface area contributed by atoms with Gasteiger partial charge in [0.25, 0.3) is 5.91 Å². The van der Waals surface area contributed by atoms with Gasteiger partial charge in [-0.15, -0.1) is 10.2 Å². The molecule has 0 aliphatic heterocycles. The number of hydrogen-bond donors (Lipinski definition) is 1. The molecule has 0 aliphatic carbocycles. The van der Waals surface area contributed by atoms with Crippen molar-refractivity contribution >= 4 is 29.6 Å². The van der Waals surface area contributed by atoms with Gasteiger partial charge in [0.2, 0.25) is 0 Å². The molecule has 0 unspecified atom stereocenters. The fourth-order valence-electron chi connectivity index (χ4n) is 3.26. The number of carbonyl (C=O) groups is 1. The lowest BCUT2D eigenvalue weighted by atomic mass is 10.2. The Morgan fingerprint density at radius 3 is 2.38 bits per heavy atom. The molecule has 0 saturated carbocycles. The van der Waals surface area contributed by atoms with Crippen molar-refractivity contribution in [1.29, 1.82) is 0 Å². The Hall–Kier alpha value is -3.91. The fraction of sp³-hybridized carbons (Fsp3) is 0.154. The highest BCUT2D eigenvalue weighted by atomic mass is 32.2. The van der Waals surface area contributed by atoms with Crippen molar-refractivity contribution in [3.8, 4) is 17.1 Å². The molecule has 4 aromatic rings. The van der Waals surface area contributed by atoms with Crippen LogP contribution in [0.1, 0.15) is 11.1 Å². The number of benzene rings is 3. The van der Waals surface area contributed by atoms with Gasteiger partial charge in [-0.05, 0) is 36.8 Å². The van der Waals surface area contributed by atoms with Gasteiger partial charge in [0.1, 0.15) is 0 Å². The first-order valence-electron chi connectivity index (χ1n) is 10.8. The Balaban J connectivity index is 1.45. The van der Waals surface area contributed by atoms with E-state index in [9.17, 15) is 4.79 Å². The number of hydrogen-bond acceptors (Lipinski definition) is 6. The molecule has 0 bridgehead atoms. The minimum absolute atomic E-state index is 0.162. The number of amides is 1. The second-order valence-corrected chi connectivity index (χ2v) is 8.85. The molecule has 0 radical (unpaired) electrons. The Bertz CT molecular complexity index is 1270. The Morgan fingerprint density at radius 2 is 1.71 bits per heavy atom. The normalized spacial score (nSPS) is 11.0. The summed E-state index contributed by atoms with van der Waals surface area (Å²) in [6.07, 6.45) is 1.63. The molecule has 7 nitrogen and oxygen atoms in total. The molecule has 0 atom stereocenters. The number of rotatable bonds is 8. The molecule has 1 heterocycles. The van der Waals surface area contributed by atoms with Crippen LogP contribution in [0.3, 0.4) is 0 Å². The van der Waals surface area contributed by atoms with E-state index in [4.69, 9.17) is 0 Å². The zero-order valence-electron chi connectivity index (χ0n) is 19.3. The van der Waals surface area contributed by atoms with Crippen LogP contribution in [-0.2, 0) is 4.79 Å². The number of aromatic nitrogens is 3. The van der Waals surface area contributed by atoms with Crippen LogP contribution >= 0.6 is 11.8 Å². The SMILES string of the molecule is Cc1ccc(-n2c(SCC(=O)N/N=C/c3ccc(N(C)C)cc3)nnc2-c2ccccc2)cc1. The van der Waals surface area contributed by atoms with Crippen LogP contribution < -0.4 is 10.3 Å². The monoisotopic (exact) mass is 470 g/mol. The predicted molar refractivity (Wildman–Crippen MR) is 139 cm³/mol. The number of nitrogens with zero attached hydrogens (tertiary/aromatic N) is 5. The summed E-state index contributed by atoms with van der Waals surface area (Å²) in [5, 5.41) is 13.5. The van der Waals surface area contributed by atoms with Crippen LogP contribution in [0.2, 0.25) is 0 Å².